The summed E-state index contributed by atoms with van der Waals surface area (Å²) in [6.45, 7) is 7.19. The molecular formula is C18H29N5O2. The van der Waals surface area contributed by atoms with E-state index in [9.17, 15) is 9.59 Å². The molecule has 0 spiro atoms. The number of hydrogen-bond donors (Lipinski definition) is 3. The minimum atomic E-state index is -0.697. The topological polar surface area (TPSA) is 100 Å². The Labute approximate surface area is 149 Å². The van der Waals surface area contributed by atoms with Crippen LogP contribution in [0.3, 0.4) is 0 Å². The van der Waals surface area contributed by atoms with E-state index in [-0.39, 0.29) is 5.91 Å². The molecule has 2 heterocycles. The van der Waals surface area contributed by atoms with E-state index in [4.69, 9.17) is 5.73 Å². The number of hydrogen-bond acceptors (Lipinski definition) is 4. The van der Waals surface area contributed by atoms with E-state index < -0.39 is 12.1 Å². The highest BCUT2D eigenvalue weighted by atomic mass is 16.2. The molecule has 0 bridgehead atoms. The smallest absolute Gasteiger partial charge is 0.312 e. The van der Waals surface area contributed by atoms with E-state index in [1.807, 2.05) is 19.9 Å². The number of nitrogens with zero attached hydrogens (tertiary/aromatic N) is 2. The lowest BCUT2D eigenvalue weighted by molar-refractivity contribution is -0.118. The van der Waals surface area contributed by atoms with Crippen LogP contribution in [0, 0.1) is 6.92 Å². The largest absolute Gasteiger partial charge is 0.354 e. The van der Waals surface area contributed by atoms with Crippen LogP contribution in [0.2, 0.25) is 0 Å². The third kappa shape index (κ3) is 5.08. The number of amides is 3. The van der Waals surface area contributed by atoms with Crippen LogP contribution in [-0.4, -0.2) is 35.6 Å². The Bertz CT molecular complexity index is 619. The fourth-order valence-electron chi connectivity index (χ4n) is 3.31. The fourth-order valence-corrected chi connectivity index (χ4v) is 3.31. The van der Waals surface area contributed by atoms with E-state index in [1.165, 1.54) is 19.3 Å². The summed E-state index contributed by atoms with van der Waals surface area (Å²) < 4.78 is 0. The standard InChI is InChI=1S/C18H29N5O2/c1-4-7-15(22-18(19)25)17(24)21-14-10-12(2)16(20-11-14)23-9-6-5-8-13(23)3/h10-11,13,15H,4-9H2,1-3H3,(H,21,24)(H3,19,22,25)/t13?,15-/m1/s1. The van der Waals surface area contributed by atoms with Crippen molar-refractivity contribution < 1.29 is 9.59 Å². The van der Waals surface area contributed by atoms with Crippen molar-refractivity contribution in [2.24, 2.45) is 5.73 Å². The lowest BCUT2D eigenvalue weighted by Gasteiger charge is -2.35. The summed E-state index contributed by atoms with van der Waals surface area (Å²) in [5.41, 5.74) is 6.80. The van der Waals surface area contributed by atoms with Crippen LogP contribution in [0.4, 0.5) is 16.3 Å². The van der Waals surface area contributed by atoms with Crippen molar-refractivity contribution in [1.82, 2.24) is 10.3 Å². The van der Waals surface area contributed by atoms with Crippen LogP contribution >= 0.6 is 0 Å². The normalized spacial score (nSPS) is 18.5. The first-order valence-corrected chi connectivity index (χ1v) is 9.02. The first-order valence-electron chi connectivity index (χ1n) is 9.02. The summed E-state index contributed by atoms with van der Waals surface area (Å²) in [4.78, 5) is 30.3. The molecule has 2 atom stereocenters. The summed E-state index contributed by atoms with van der Waals surface area (Å²) in [6.07, 6.45) is 6.59. The first-order chi connectivity index (χ1) is 11.9. The summed E-state index contributed by atoms with van der Waals surface area (Å²) in [6, 6.07) is 1.07. The molecule has 3 amide bonds. The van der Waals surface area contributed by atoms with Crippen molar-refractivity contribution in [1.29, 1.82) is 0 Å². The lowest BCUT2D eigenvalue weighted by Crippen LogP contribution is -2.46. The van der Waals surface area contributed by atoms with Gasteiger partial charge in [0, 0.05) is 12.6 Å². The second-order valence-corrected chi connectivity index (χ2v) is 6.74. The Morgan fingerprint density at radius 3 is 2.80 bits per heavy atom. The Morgan fingerprint density at radius 1 is 1.44 bits per heavy atom. The number of primary amides is 1. The minimum absolute atomic E-state index is 0.277. The highest BCUT2D eigenvalue weighted by Gasteiger charge is 2.22. The minimum Gasteiger partial charge on any atom is -0.354 e. The number of urea groups is 1. The van der Waals surface area contributed by atoms with Gasteiger partial charge < -0.3 is 21.3 Å². The average Bonchev–Trinajstić information content (AvgIpc) is 2.55. The quantitative estimate of drug-likeness (QED) is 0.736. The van der Waals surface area contributed by atoms with Crippen molar-refractivity contribution in [3.8, 4) is 0 Å². The molecule has 2 rings (SSSR count). The number of carbonyl (C=O) groups is 2. The molecule has 7 nitrogen and oxygen atoms in total. The third-order valence-corrected chi connectivity index (χ3v) is 4.60. The number of nitrogens with one attached hydrogen (secondary N) is 2. The molecule has 1 saturated heterocycles. The van der Waals surface area contributed by atoms with Gasteiger partial charge in [-0.15, -0.1) is 0 Å². The van der Waals surface area contributed by atoms with Crippen molar-refractivity contribution in [2.45, 2.75) is 65.0 Å². The van der Waals surface area contributed by atoms with E-state index in [2.05, 4.69) is 27.4 Å². The molecule has 4 N–H and O–H groups in total. The molecule has 1 unspecified atom stereocenters. The van der Waals surface area contributed by atoms with Crippen LogP contribution in [0.1, 0.15) is 51.5 Å². The monoisotopic (exact) mass is 347 g/mol. The van der Waals surface area contributed by atoms with Crippen molar-refractivity contribution in [3.63, 3.8) is 0 Å². The van der Waals surface area contributed by atoms with Crippen molar-refractivity contribution in [3.05, 3.63) is 17.8 Å². The molecule has 25 heavy (non-hydrogen) atoms. The summed E-state index contributed by atoms with van der Waals surface area (Å²) in [5.74, 6) is 0.700. The highest BCUT2D eigenvalue weighted by molar-refractivity contribution is 5.96. The number of aryl methyl sites for hydroxylation is 1. The molecule has 138 valence electrons. The van der Waals surface area contributed by atoms with Gasteiger partial charge in [0.1, 0.15) is 11.9 Å². The maximum Gasteiger partial charge on any atom is 0.312 e. The van der Waals surface area contributed by atoms with Gasteiger partial charge in [-0.1, -0.05) is 13.3 Å². The second kappa shape index (κ2) is 8.69. The molecule has 1 aromatic heterocycles. The Hall–Kier alpha value is -2.31. The van der Waals surface area contributed by atoms with E-state index in [0.717, 1.165) is 24.3 Å². The predicted molar refractivity (Wildman–Crippen MR) is 99.7 cm³/mol. The van der Waals surface area contributed by atoms with Crippen LogP contribution < -0.4 is 21.3 Å². The molecule has 1 aliphatic heterocycles. The average molecular weight is 347 g/mol. The van der Waals surface area contributed by atoms with Gasteiger partial charge in [-0.3, -0.25) is 4.79 Å². The number of carbonyl (C=O) groups excluding carboxylic acids is 2. The zero-order valence-electron chi connectivity index (χ0n) is 15.3. The third-order valence-electron chi connectivity index (χ3n) is 4.60. The highest BCUT2D eigenvalue weighted by Crippen LogP contribution is 2.27. The predicted octanol–water partition coefficient (Wildman–Crippen LogP) is 2.54. The van der Waals surface area contributed by atoms with Crippen LogP contribution in [-0.2, 0) is 4.79 Å². The van der Waals surface area contributed by atoms with E-state index in [0.29, 0.717) is 18.2 Å². The summed E-state index contributed by atoms with van der Waals surface area (Å²) in [7, 11) is 0. The Kier molecular flexibility index (Phi) is 6.61. The maximum absolute atomic E-state index is 12.4. The van der Waals surface area contributed by atoms with Crippen LogP contribution in [0.5, 0.6) is 0 Å². The van der Waals surface area contributed by atoms with Gasteiger partial charge in [0.2, 0.25) is 5.91 Å². The molecule has 1 aromatic rings. The van der Waals surface area contributed by atoms with Crippen LogP contribution in [0.25, 0.3) is 0 Å². The molecule has 1 aliphatic rings. The van der Waals surface area contributed by atoms with Gasteiger partial charge in [-0.2, -0.15) is 0 Å². The van der Waals surface area contributed by atoms with Crippen LogP contribution in [0.15, 0.2) is 12.3 Å². The SMILES string of the molecule is CCC[C@@H](NC(N)=O)C(=O)Nc1cnc(N2CCCCC2C)c(C)c1. The number of nitrogens with two attached hydrogens (primary N) is 1. The zero-order chi connectivity index (χ0) is 18.4. The molecule has 0 saturated carbocycles. The van der Waals surface area contributed by atoms with E-state index >= 15 is 0 Å². The number of pyridine rings is 1. The number of anilines is 2. The van der Waals surface area contributed by atoms with Gasteiger partial charge in [0.05, 0.1) is 11.9 Å². The van der Waals surface area contributed by atoms with E-state index in [1.54, 1.807) is 6.20 Å². The molecule has 1 fully saturated rings. The maximum atomic E-state index is 12.4. The number of rotatable bonds is 6. The Balaban J connectivity index is 2.08. The van der Waals surface area contributed by atoms with Crippen molar-refractivity contribution in [2.75, 3.05) is 16.8 Å². The summed E-state index contributed by atoms with van der Waals surface area (Å²) in [5, 5.41) is 5.31. The number of piperidine rings is 1. The number of aromatic nitrogens is 1. The molecule has 7 heteroatoms. The summed E-state index contributed by atoms with van der Waals surface area (Å²) >= 11 is 0. The lowest BCUT2D eigenvalue weighted by atomic mass is 10.0. The molecule has 0 aromatic carbocycles. The van der Waals surface area contributed by atoms with Gasteiger partial charge in [0.25, 0.3) is 0 Å². The fraction of sp³-hybridized carbons (Fsp3) is 0.611. The first kappa shape index (κ1) is 19.0. The van der Waals surface area contributed by atoms with Gasteiger partial charge >= 0.3 is 6.03 Å². The Morgan fingerprint density at radius 2 is 2.20 bits per heavy atom. The molecule has 0 aliphatic carbocycles. The van der Waals surface area contributed by atoms with Gasteiger partial charge in [-0.25, -0.2) is 9.78 Å². The molecular weight excluding hydrogens is 318 g/mol. The van der Waals surface area contributed by atoms with Gasteiger partial charge in [-0.05, 0) is 51.2 Å². The zero-order valence-corrected chi connectivity index (χ0v) is 15.3. The van der Waals surface area contributed by atoms with Gasteiger partial charge in [0.15, 0.2) is 0 Å². The molecule has 0 radical (unpaired) electrons. The second-order valence-electron chi connectivity index (χ2n) is 6.74. The van der Waals surface area contributed by atoms with Crippen molar-refractivity contribution >= 4 is 23.4 Å².